The lowest BCUT2D eigenvalue weighted by Gasteiger charge is -2.11. The minimum Gasteiger partial charge on any atom is -0.379 e. The zero-order valence-electron chi connectivity index (χ0n) is 19.9. The van der Waals surface area contributed by atoms with Crippen molar-refractivity contribution in [2.24, 2.45) is 10.7 Å². The Morgan fingerprint density at radius 1 is 1.19 bits per heavy atom. The predicted octanol–water partition coefficient (Wildman–Crippen LogP) is 4.37. The molecule has 0 aliphatic rings. The Morgan fingerprint density at radius 3 is 2.59 bits per heavy atom. The Morgan fingerprint density at radius 2 is 1.94 bits per heavy atom. The number of nitrogens with zero attached hydrogens (tertiary/aromatic N) is 2. The largest absolute Gasteiger partial charge is 0.379 e. The molecule has 0 radical (unpaired) electrons. The quantitative estimate of drug-likeness (QED) is 0.251. The number of hydrogen-bond acceptors (Lipinski definition) is 6. The van der Waals surface area contributed by atoms with Crippen LogP contribution in [0.1, 0.15) is 45.2 Å². The first-order valence-corrected chi connectivity index (χ1v) is 13.3. The van der Waals surface area contributed by atoms with Gasteiger partial charge < -0.3 is 11.1 Å². The van der Waals surface area contributed by atoms with Gasteiger partial charge in [0.15, 0.2) is 5.17 Å². The van der Waals surface area contributed by atoms with Crippen molar-refractivity contribution in [1.29, 1.82) is 0 Å². The van der Waals surface area contributed by atoms with E-state index in [4.69, 9.17) is 5.73 Å². The minimum absolute atomic E-state index is 0.303. The maximum absolute atomic E-state index is 12.4. The molecule has 0 aliphatic heterocycles. The van der Waals surface area contributed by atoms with E-state index in [1.807, 2.05) is 39.0 Å². The second-order valence-electron chi connectivity index (χ2n) is 6.72. The third kappa shape index (κ3) is 9.56. The smallest absolute Gasteiger partial charge is 0.329 e. The van der Waals surface area contributed by atoms with E-state index in [1.165, 1.54) is 21.8 Å². The molecule has 32 heavy (non-hydrogen) atoms. The summed E-state index contributed by atoms with van der Waals surface area (Å²) in [6, 6.07) is 7.44. The molecule has 0 unspecified atom stereocenters. The number of aromatic amines is 1. The topological polar surface area (TPSA) is 105 Å². The van der Waals surface area contributed by atoms with Crippen LogP contribution in [0.3, 0.4) is 0 Å². The van der Waals surface area contributed by atoms with Gasteiger partial charge in [0.25, 0.3) is 5.56 Å². The van der Waals surface area contributed by atoms with Gasteiger partial charge in [-0.15, -0.1) is 0 Å². The van der Waals surface area contributed by atoms with Crippen LogP contribution < -0.4 is 22.3 Å². The Balaban J connectivity index is 0.00000249. The minimum atomic E-state index is -0.396. The van der Waals surface area contributed by atoms with E-state index < -0.39 is 5.69 Å². The molecule has 0 bridgehead atoms. The number of rotatable bonds is 11. The second kappa shape index (κ2) is 15.6. The van der Waals surface area contributed by atoms with Crippen LogP contribution in [0, 0.1) is 6.92 Å². The van der Waals surface area contributed by atoms with Crippen molar-refractivity contribution < 1.29 is 0 Å². The van der Waals surface area contributed by atoms with Gasteiger partial charge in [0, 0.05) is 24.1 Å². The van der Waals surface area contributed by atoms with Crippen LogP contribution in [0.4, 0.5) is 11.5 Å². The number of nitrogens with two attached hydrogens (primary N) is 1. The molecule has 0 saturated carbocycles. The van der Waals surface area contributed by atoms with Crippen molar-refractivity contribution in [2.75, 3.05) is 29.1 Å². The normalized spacial score (nSPS) is 11.1. The summed E-state index contributed by atoms with van der Waals surface area (Å²) in [6.07, 6.45) is 1.66. The zero-order valence-corrected chi connectivity index (χ0v) is 21.5. The van der Waals surface area contributed by atoms with Gasteiger partial charge >= 0.3 is 5.69 Å². The summed E-state index contributed by atoms with van der Waals surface area (Å²) in [5.41, 5.74) is 8.34. The van der Waals surface area contributed by atoms with Crippen molar-refractivity contribution in [3.8, 4) is 0 Å². The molecule has 1 aromatic heterocycles. The second-order valence-corrected chi connectivity index (χ2v) is 9.23. The van der Waals surface area contributed by atoms with Crippen LogP contribution in [-0.4, -0.2) is 38.5 Å². The van der Waals surface area contributed by atoms with Crippen LogP contribution in [0.5, 0.6) is 0 Å². The Bertz CT molecular complexity index is 938. The lowest BCUT2D eigenvalue weighted by atomic mass is 10.1. The predicted molar refractivity (Wildman–Crippen MR) is 143 cm³/mol. The summed E-state index contributed by atoms with van der Waals surface area (Å²) in [4.78, 5) is 31.8. The zero-order chi connectivity index (χ0) is 23.9. The SMILES string of the molecule is CC.CCSC(N)=NCCSCCCn1c(=O)cc(Nc2ccc(C)c(CC)c2)[nH]c1=O. The highest BCUT2D eigenvalue weighted by molar-refractivity contribution is 8.13. The summed E-state index contributed by atoms with van der Waals surface area (Å²) in [7, 11) is 0. The molecule has 0 amide bonds. The maximum atomic E-state index is 12.4. The molecule has 7 nitrogen and oxygen atoms in total. The first kappa shape index (κ1) is 27.9. The average Bonchev–Trinajstić information content (AvgIpc) is 2.77. The number of aryl methyl sites for hydroxylation is 2. The highest BCUT2D eigenvalue weighted by Crippen LogP contribution is 2.18. The van der Waals surface area contributed by atoms with Crippen molar-refractivity contribution in [3.63, 3.8) is 0 Å². The molecule has 0 atom stereocenters. The molecule has 0 spiro atoms. The molecule has 9 heteroatoms. The van der Waals surface area contributed by atoms with Gasteiger partial charge in [0.1, 0.15) is 5.82 Å². The Labute approximate surface area is 199 Å². The molecule has 2 rings (SSSR count). The van der Waals surface area contributed by atoms with Crippen molar-refractivity contribution in [1.82, 2.24) is 9.55 Å². The fourth-order valence-corrected chi connectivity index (χ4v) is 4.16. The molecule has 2 aromatic rings. The lowest BCUT2D eigenvalue weighted by molar-refractivity contribution is 0.620. The van der Waals surface area contributed by atoms with Gasteiger partial charge in [0.2, 0.25) is 0 Å². The molecule has 1 aromatic carbocycles. The number of benzene rings is 1. The van der Waals surface area contributed by atoms with Crippen LogP contribution in [0.2, 0.25) is 0 Å². The number of hydrogen-bond donors (Lipinski definition) is 3. The van der Waals surface area contributed by atoms with Gasteiger partial charge in [-0.1, -0.05) is 45.5 Å². The number of aromatic nitrogens is 2. The van der Waals surface area contributed by atoms with Gasteiger partial charge in [0.05, 0.1) is 6.54 Å². The summed E-state index contributed by atoms with van der Waals surface area (Å²) < 4.78 is 1.24. The standard InChI is InChI=1S/C21H31N5O2S2.C2H6/c1-4-16-13-17(8-7-15(16)3)24-18-14-19(27)26(21(28)25-18)10-6-11-29-12-9-23-20(22)30-5-2;1-2/h7-8,13-14,24H,4-6,9-12H2,1-3H3,(H2,22,23)(H,25,28);1-2H3. The molecule has 1 heterocycles. The van der Waals surface area contributed by atoms with E-state index in [1.54, 1.807) is 23.5 Å². The van der Waals surface area contributed by atoms with Crippen LogP contribution in [-0.2, 0) is 13.0 Å². The fraction of sp³-hybridized carbons (Fsp3) is 0.522. The van der Waals surface area contributed by atoms with Crippen molar-refractivity contribution in [2.45, 2.75) is 54.0 Å². The first-order valence-electron chi connectivity index (χ1n) is 11.2. The highest BCUT2D eigenvalue weighted by atomic mass is 32.2. The number of anilines is 2. The number of H-pyrrole nitrogens is 1. The van der Waals surface area contributed by atoms with Gasteiger partial charge in [-0.2, -0.15) is 11.8 Å². The average molecular weight is 480 g/mol. The third-order valence-corrected chi connectivity index (χ3v) is 6.26. The number of amidine groups is 1. The molecule has 0 saturated heterocycles. The fourth-order valence-electron chi connectivity index (χ4n) is 2.93. The molecule has 0 aliphatic carbocycles. The van der Waals surface area contributed by atoms with E-state index in [2.05, 4.69) is 29.1 Å². The van der Waals surface area contributed by atoms with Gasteiger partial charge in [-0.3, -0.25) is 19.3 Å². The highest BCUT2D eigenvalue weighted by Gasteiger charge is 2.06. The molecule has 4 N–H and O–H groups in total. The summed E-state index contributed by atoms with van der Waals surface area (Å²) in [5.74, 6) is 3.05. The Kier molecular flexibility index (Phi) is 13.6. The van der Waals surface area contributed by atoms with E-state index in [9.17, 15) is 9.59 Å². The maximum Gasteiger partial charge on any atom is 0.329 e. The summed E-state index contributed by atoms with van der Waals surface area (Å²) in [5, 5.41) is 3.75. The summed E-state index contributed by atoms with van der Waals surface area (Å²) in [6.45, 7) is 11.3. The number of nitrogens with one attached hydrogen (secondary N) is 2. The Hall–Kier alpha value is -2.13. The number of aliphatic imine (C=N–C) groups is 1. The van der Waals surface area contributed by atoms with Gasteiger partial charge in [-0.05, 0) is 54.5 Å². The first-order chi connectivity index (χ1) is 15.4. The third-order valence-electron chi connectivity index (χ3n) is 4.50. The van der Waals surface area contributed by atoms with E-state index in [0.29, 0.717) is 24.1 Å². The van der Waals surface area contributed by atoms with Crippen LogP contribution >= 0.6 is 23.5 Å². The molecular weight excluding hydrogens is 442 g/mol. The van der Waals surface area contributed by atoms with E-state index in [0.717, 1.165) is 35.8 Å². The lowest BCUT2D eigenvalue weighted by Crippen LogP contribution is -2.35. The summed E-state index contributed by atoms with van der Waals surface area (Å²) >= 11 is 3.28. The van der Waals surface area contributed by atoms with E-state index in [-0.39, 0.29) is 5.56 Å². The molecular formula is C23H37N5O2S2. The van der Waals surface area contributed by atoms with Crippen molar-refractivity contribution in [3.05, 3.63) is 56.2 Å². The molecule has 178 valence electrons. The van der Waals surface area contributed by atoms with Crippen LogP contribution in [0.25, 0.3) is 0 Å². The number of thioether (sulfide) groups is 2. The van der Waals surface area contributed by atoms with Crippen molar-refractivity contribution >= 4 is 40.2 Å². The van der Waals surface area contributed by atoms with E-state index >= 15 is 0 Å². The molecule has 0 fully saturated rings. The van der Waals surface area contributed by atoms with Crippen LogP contribution in [0.15, 0.2) is 38.8 Å². The monoisotopic (exact) mass is 479 g/mol. The van der Waals surface area contributed by atoms with Gasteiger partial charge in [-0.25, -0.2) is 4.79 Å².